The van der Waals surface area contributed by atoms with Crippen molar-refractivity contribution in [2.75, 3.05) is 0 Å². The molecule has 0 saturated carbocycles. The molecule has 0 radical (unpaired) electrons. The third-order valence-electron chi connectivity index (χ3n) is 6.21. The summed E-state index contributed by atoms with van der Waals surface area (Å²) < 4.78 is 3.70. The summed E-state index contributed by atoms with van der Waals surface area (Å²) >= 11 is 0. The molecule has 8 heteroatoms. The number of amides is 1. The molecule has 0 aromatic carbocycles. The van der Waals surface area contributed by atoms with Crippen molar-refractivity contribution in [3.05, 3.63) is 58.4 Å². The van der Waals surface area contributed by atoms with Gasteiger partial charge in [0.2, 0.25) is 0 Å². The molecule has 1 fully saturated rings. The number of aryl methyl sites for hydroxylation is 3. The lowest BCUT2D eigenvalue weighted by Gasteiger charge is -2.35. The zero-order valence-electron chi connectivity index (χ0n) is 16.6. The van der Waals surface area contributed by atoms with E-state index in [2.05, 4.69) is 20.2 Å². The van der Waals surface area contributed by atoms with Crippen LogP contribution in [0, 0.1) is 20.8 Å². The lowest BCUT2D eigenvalue weighted by molar-refractivity contribution is 0.0636. The number of hydrogen-bond acceptors (Lipinski definition) is 5. The topological polar surface area (TPSA) is 80.7 Å². The van der Waals surface area contributed by atoms with Gasteiger partial charge >= 0.3 is 0 Å². The van der Waals surface area contributed by atoms with E-state index in [-0.39, 0.29) is 18.0 Å². The van der Waals surface area contributed by atoms with E-state index in [1.807, 2.05) is 48.5 Å². The van der Waals surface area contributed by atoms with E-state index in [4.69, 9.17) is 0 Å². The molecule has 146 valence electrons. The summed E-state index contributed by atoms with van der Waals surface area (Å²) in [6, 6.07) is 5.95. The van der Waals surface area contributed by atoms with Crippen LogP contribution >= 0.6 is 0 Å². The Hall–Kier alpha value is -3.29. The molecule has 0 N–H and O–H groups in total. The maximum atomic E-state index is 13.5. The van der Waals surface area contributed by atoms with Gasteiger partial charge in [-0.15, -0.1) is 0 Å². The smallest absolute Gasteiger partial charge is 0.275 e. The van der Waals surface area contributed by atoms with Crippen molar-refractivity contribution in [2.45, 2.75) is 52.1 Å². The van der Waals surface area contributed by atoms with Crippen LogP contribution in [-0.2, 0) is 6.42 Å². The van der Waals surface area contributed by atoms with E-state index in [0.29, 0.717) is 11.3 Å². The van der Waals surface area contributed by atoms with Gasteiger partial charge in [0.1, 0.15) is 0 Å². The highest BCUT2D eigenvalue weighted by atomic mass is 16.2. The summed E-state index contributed by atoms with van der Waals surface area (Å²) in [5.41, 5.74) is 7.18. The highest BCUT2D eigenvalue weighted by Crippen LogP contribution is 2.44. The molecule has 8 nitrogen and oxygen atoms in total. The minimum atomic E-state index is -0.0255. The molecule has 6 rings (SSSR count). The SMILES string of the molecule is Cc1cc(C)n2nc(C(=O)N3C4CCC3c3cnc5cc(C)nn5c3C4)cc2n1. The molecule has 0 spiro atoms. The summed E-state index contributed by atoms with van der Waals surface area (Å²) in [5.74, 6) is -0.0255. The van der Waals surface area contributed by atoms with Crippen molar-refractivity contribution in [1.82, 2.24) is 34.1 Å². The molecule has 4 aromatic rings. The molecule has 2 bridgehead atoms. The van der Waals surface area contributed by atoms with E-state index < -0.39 is 0 Å². The van der Waals surface area contributed by atoms with Crippen LogP contribution < -0.4 is 0 Å². The van der Waals surface area contributed by atoms with E-state index in [1.54, 1.807) is 10.6 Å². The van der Waals surface area contributed by atoms with Crippen LogP contribution in [0.5, 0.6) is 0 Å². The van der Waals surface area contributed by atoms with Gasteiger partial charge in [0.15, 0.2) is 17.0 Å². The van der Waals surface area contributed by atoms with Crippen molar-refractivity contribution in [1.29, 1.82) is 0 Å². The van der Waals surface area contributed by atoms with Crippen molar-refractivity contribution < 1.29 is 4.79 Å². The van der Waals surface area contributed by atoms with Crippen LogP contribution in [0.1, 0.15) is 57.7 Å². The Morgan fingerprint density at radius 1 is 1.00 bits per heavy atom. The Kier molecular flexibility index (Phi) is 3.23. The number of rotatable bonds is 1. The second kappa shape index (κ2) is 5.62. The zero-order chi connectivity index (χ0) is 19.9. The highest BCUT2D eigenvalue weighted by molar-refractivity contribution is 5.94. The van der Waals surface area contributed by atoms with E-state index in [0.717, 1.165) is 47.6 Å². The van der Waals surface area contributed by atoms with Crippen LogP contribution in [0.15, 0.2) is 24.4 Å². The maximum Gasteiger partial charge on any atom is 0.275 e. The molecule has 2 aliphatic heterocycles. The second-order valence-corrected chi connectivity index (χ2v) is 8.22. The molecule has 1 saturated heterocycles. The van der Waals surface area contributed by atoms with Crippen LogP contribution in [0.3, 0.4) is 0 Å². The van der Waals surface area contributed by atoms with Gasteiger partial charge in [-0.3, -0.25) is 4.79 Å². The van der Waals surface area contributed by atoms with Crippen LogP contribution in [-0.4, -0.2) is 46.0 Å². The van der Waals surface area contributed by atoms with Gasteiger partial charge in [-0.25, -0.2) is 19.0 Å². The Morgan fingerprint density at radius 3 is 2.72 bits per heavy atom. The normalized spacial score (nSPS) is 20.6. The van der Waals surface area contributed by atoms with Crippen molar-refractivity contribution in [3.8, 4) is 0 Å². The Bertz CT molecular complexity index is 1320. The number of hydrogen-bond donors (Lipinski definition) is 0. The third-order valence-corrected chi connectivity index (χ3v) is 6.21. The van der Waals surface area contributed by atoms with Gasteiger partial charge in [0.05, 0.1) is 17.4 Å². The van der Waals surface area contributed by atoms with E-state index in [9.17, 15) is 4.79 Å². The van der Waals surface area contributed by atoms with E-state index >= 15 is 0 Å². The second-order valence-electron chi connectivity index (χ2n) is 8.22. The third kappa shape index (κ3) is 2.28. The monoisotopic (exact) mass is 387 g/mol. The first-order chi connectivity index (χ1) is 14.0. The lowest BCUT2D eigenvalue weighted by atomic mass is 9.98. The molecule has 4 aromatic heterocycles. The Morgan fingerprint density at radius 2 is 1.86 bits per heavy atom. The summed E-state index contributed by atoms with van der Waals surface area (Å²) in [6.45, 7) is 5.91. The average molecular weight is 387 g/mol. The minimum absolute atomic E-state index is 0.0255. The molecule has 2 unspecified atom stereocenters. The lowest BCUT2D eigenvalue weighted by Crippen LogP contribution is -2.43. The summed E-state index contributed by atoms with van der Waals surface area (Å²) in [4.78, 5) is 24.6. The minimum Gasteiger partial charge on any atom is -0.327 e. The van der Waals surface area contributed by atoms with Gasteiger partial charge < -0.3 is 4.90 Å². The fourth-order valence-corrected chi connectivity index (χ4v) is 5.03. The summed E-state index contributed by atoms with van der Waals surface area (Å²) in [5, 5.41) is 9.19. The Balaban J connectivity index is 1.43. The van der Waals surface area contributed by atoms with Crippen LogP contribution in [0.2, 0.25) is 0 Å². The number of nitrogens with zero attached hydrogens (tertiary/aromatic N) is 7. The van der Waals surface area contributed by atoms with Crippen molar-refractivity contribution in [3.63, 3.8) is 0 Å². The number of fused-ring (bicyclic) bond motifs is 7. The average Bonchev–Trinajstić information content (AvgIpc) is 3.35. The molecular formula is C21H21N7O. The Labute approximate surface area is 167 Å². The van der Waals surface area contributed by atoms with Crippen molar-refractivity contribution in [2.24, 2.45) is 0 Å². The molecular weight excluding hydrogens is 366 g/mol. The van der Waals surface area contributed by atoms with Gasteiger partial charge in [0, 0.05) is 47.7 Å². The number of carbonyl (C=O) groups is 1. The first kappa shape index (κ1) is 16.6. The molecule has 2 atom stereocenters. The van der Waals surface area contributed by atoms with E-state index in [1.165, 1.54) is 5.69 Å². The van der Waals surface area contributed by atoms with Crippen LogP contribution in [0.25, 0.3) is 11.3 Å². The van der Waals surface area contributed by atoms with Crippen molar-refractivity contribution >= 4 is 17.2 Å². The predicted octanol–water partition coefficient (Wildman–Crippen LogP) is 2.60. The summed E-state index contributed by atoms with van der Waals surface area (Å²) in [6.07, 6.45) is 4.65. The molecule has 6 heterocycles. The molecule has 29 heavy (non-hydrogen) atoms. The van der Waals surface area contributed by atoms with Gasteiger partial charge in [0.25, 0.3) is 5.91 Å². The number of aromatic nitrogens is 6. The fraction of sp³-hybridized carbons (Fsp3) is 0.381. The molecule has 1 amide bonds. The maximum absolute atomic E-state index is 13.5. The molecule has 0 aliphatic carbocycles. The fourth-order valence-electron chi connectivity index (χ4n) is 5.03. The standard InChI is InChI=1S/C21H21N7O/c1-11-6-13(3)27-20(23-11)9-16(25-27)21(29)26-14-4-5-17(26)15-10-22-19-7-12(2)24-28(19)18(15)8-14/h6-7,9-10,14,17H,4-5,8H2,1-3H3. The molecule has 2 aliphatic rings. The summed E-state index contributed by atoms with van der Waals surface area (Å²) in [7, 11) is 0. The number of carbonyl (C=O) groups excluding carboxylic acids is 1. The highest BCUT2D eigenvalue weighted by Gasteiger charge is 2.44. The predicted molar refractivity (Wildman–Crippen MR) is 106 cm³/mol. The zero-order valence-corrected chi connectivity index (χ0v) is 16.6. The largest absolute Gasteiger partial charge is 0.327 e. The quantitative estimate of drug-likeness (QED) is 0.501. The first-order valence-electron chi connectivity index (χ1n) is 10.0. The van der Waals surface area contributed by atoms with Gasteiger partial charge in [-0.1, -0.05) is 0 Å². The first-order valence-corrected chi connectivity index (χ1v) is 10.0. The van der Waals surface area contributed by atoms with Gasteiger partial charge in [-0.05, 0) is 39.7 Å². The van der Waals surface area contributed by atoms with Gasteiger partial charge in [-0.2, -0.15) is 10.2 Å². The van der Waals surface area contributed by atoms with Crippen LogP contribution in [0.4, 0.5) is 0 Å².